The molecular weight excluding hydrogens is 270 g/mol. The van der Waals surface area contributed by atoms with Gasteiger partial charge in [0.15, 0.2) is 0 Å². The zero-order valence-electron chi connectivity index (χ0n) is 12.2. The Hall–Kier alpha value is -1.84. The van der Waals surface area contributed by atoms with Crippen molar-refractivity contribution >= 4 is 5.91 Å². The third kappa shape index (κ3) is 4.06. The Balaban J connectivity index is 2.04. The zero-order valence-corrected chi connectivity index (χ0v) is 12.2. The number of likely N-dealkylation sites (N-methyl/N-ethyl adjacent to an activating group) is 1. The molecule has 114 valence electrons. The van der Waals surface area contributed by atoms with Gasteiger partial charge in [0.1, 0.15) is 5.76 Å². The highest BCUT2D eigenvalue weighted by molar-refractivity contribution is 5.80. The first-order valence-electron chi connectivity index (χ1n) is 7.25. The summed E-state index contributed by atoms with van der Waals surface area (Å²) in [6.07, 6.45) is 1.90. The topological polar surface area (TPSA) is 78.5 Å². The van der Waals surface area contributed by atoms with Crippen molar-refractivity contribution in [2.75, 3.05) is 26.3 Å². The van der Waals surface area contributed by atoms with E-state index < -0.39 is 0 Å². The Morgan fingerprint density at radius 2 is 2.43 bits per heavy atom. The quantitative estimate of drug-likeness (QED) is 0.815. The second-order valence-corrected chi connectivity index (χ2v) is 5.06. The van der Waals surface area contributed by atoms with Crippen molar-refractivity contribution in [1.29, 1.82) is 5.26 Å². The fourth-order valence-electron chi connectivity index (χ4n) is 2.54. The fraction of sp³-hybridized carbons (Fsp3) is 0.600. The van der Waals surface area contributed by atoms with Crippen molar-refractivity contribution in [2.24, 2.45) is 5.92 Å². The van der Waals surface area contributed by atoms with Gasteiger partial charge in [0.25, 0.3) is 0 Å². The number of nitriles is 1. The van der Waals surface area contributed by atoms with E-state index in [-0.39, 0.29) is 17.9 Å². The average molecular weight is 291 g/mol. The summed E-state index contributed by atoms with van der Waals surface area (Å²) in [5, 5.41) is 12.1. The van der Waals surface area contributed by atoms with Crippen molar-refractivity contribution < 1.29 is 13.9 Å². The van der Waals surface area contributed by atoms with Gasteiger partial charge < -0.3 is 19.4 Å². The largest absolute Gasteiger partial charge is 0.467 e. The van der Waals surface area contributed by atoms with Gasteiger partial charge >= 0.3 is 0 Å². The van der Waals surface area contributed by atoms with E-state index >= 15 is 0 Å². The van der Waals surface area contributed by atoms with E-state index in [1.165, 1.54) is 0 Å². The normalized spacial score (nSPS) is 21.1. The number of ether oxygens (including phenoxy) is 1. The highest BCUT2D eigenvalue weighted by atomic mass is 16.5. The first kappa shape index (κ1) is 15.5. The molecule has 21 heavy (non-hydrogen) atoms. The minimum absolute atomic E-state index is 0.0186. The van der Waals surface area contributed by atoms with Crippen molar-refractivity contribution in [2.45, 2.75) is 25.9 Å². The van der Waals surface area contributed by atoms with Gasteiger partial charge in [-0.1, -0.05) is 6.92 Å². The molecule has 1 fully saturated rings. The van der Waals surface area contributed by atoms with E-state index in [2.05, 4.69) is 11.4 Å². The lowest BCUT2D eigenvalue weighted by atomic mass is 10.0. The van der Waals surface area contributed by atoms with Gasteiger partial charge in [-0.05, 0) is 18.7 Å². The molecule has 2 atom stereocenters. The Labute approximate surface area is 124 Å². The van der Waals surface area contributed by atoms with E-state index in [1.807, 2.05) is 13.0 Å². The second-order valence-electron chi connectivity index (χ2n) is 5.06. The van der Waals surface area contributed by atoms with Crippen molar-refractivity contribution in [3.05, 3.63) is 24.2 Å². The number of carbonyl (C=O) groups is 1. The van der Waals surface area contributed by atoms with Crippen LogP contribution in [0.15, 0.2) is 22.8 Å². The summed E-state index contributed by atoms with van der Waals surface area (Å²) < 4.78 is 10.7. The molecule has 1 aromatic rings. The molecule has 1 aliphatic heterocycles. The van der Waals surface area contributed by atoms with Gasteiger partial charge in [-0.3, -0.25) is 4.79 Å². The third-order valence-electron chi connectivity index (χ3n) is 3.60. The molecule has 2 rings (SSSR count). The van der Waals surface area contributed by atoms with E-state index in [1.54, 1.807) is 17.2 Å². The van der Waals surface area contributed by atoms with E-state index in [0.717, 1.165) is 12.3 Å². The van der Waals surface area contributed by atoms with Crippen LogP contribution >= 0.6 is 0 Å². The molecule has 6 heteroatoms. The Morgan fingerprint density at radius 1 is 1.57 bits per heavy atom. The predicted octanol–water partition coefficient (Wildman–Crippen LogP) is 1.15. The summed E-state index contributed by atoms with van der Waals surface area (Å²) in [6, 6.07) is 5.76. The smallest absolute Gasteiger partial charge is 0.230 e. The van der Waals surface area contributed by atoms with Gasteiger partial charge in [0.2, 0.25) is 5.91 Å². The summed E-state index contributed by atoms with van der Waals surface area (Å²) in [6.45, 7) is 4.59. The molecule has 0 aromatic carbocycles. The van der Waals surface area contributed by atoms with Crippen LogP contribution in [0.1, 0.15) is 19.1 Å². The molecule has 0 bridgehead atoms. The molecule has 0 saturated carbocycles. The highest BCUT2D eigenvalue weighted by Gasteiger charge is 2.36. The number of furan rings is 1. The molecule has 6 nitrogen and oxygen atoms in total. The summed E-state index contributed by atoms with van der Waals surface area (Å²) in [7, 11) is 0. The summed E-state index contributed by atoms with van der Waals surface area (Å²) in [5.41, 5.74) is 0. The minimum Gasteiger partial charge on any atom is -0.467 e. The highest BCUT2D eigenvalue weighted by Crippen LogP contribution is 2.19. The lowest BCUT2D eigenvalue weighted by Crippen LogP contribution is -2.45. The lowest BCUT2D eigenvalue weighted by Gasteiger charge is -2.26. The van der Waals surface area contributed by atoms with Crippen LogP contribution in [0.2, 0.25) is 0 Å². The average Bonchev–Trinajstić information content (AvgIpc) is 3.14. The fourth-order valence-corrected chi connectivity index (χ4v) is 2.54. The maximum atomic E-state index is 12.7. The van der Waals surface area contributed by atoms with Crippen molar-refractivity contribution in [3.63, 3.8) is 0 Å². The summed E-state index contributed by atoms with van der Waals surface area (Å²) in [4.78, 5) is 14.4. The number of hydrogen-bond donors (Lipinski definition) is 1. The molecule has 1 aromatic heterocycles. The third-order valence-corrected chi connectivity index (χ3v) is 3.60. The maximum Gasteiger partial charge on any atom is 0.230 e. The van der Waals surface area contributed by atoms with Crippen LogP contribution in [0.25, 0.3) is 0 Å². The van der Waals surface area contributed by atoms with Crippen LogP contribution in [0, 0.1) is 17.2 Å². The molecule has 1 saturated heterocycles. The Bertz CT molecular complexity index is 481. The Morgan fingerprint density at radius 3 is 3.10 bits per heavy atom. The van der Waals surface area contributed by atoms with Gasteiger partial charge in [0.05, 0.1) is 44.4 Å². The summed E-state index contributed by atoms with van der Waals surface area (Å²) in [5.74, 6) is 0.545. The monoisotopic (exact) mass is 291 g/mol. The lowest BCUT2D eigenvalue weighted by molar-refractivity contribution is -0.136. The van der Waals surface area contributed by atoms with Crippen molar-refractivity contribution in [3.8, 4) is 6.07 Å². The number of rotatable bonds is 7. The van der Waals surface area contributed by atoms with Gasteiger partial charge in [0, 0.05) is 12.6 Å². The summed E-state index contributed by atoms with van der Waals surface area (Å²) >= 11 is 0. The van der Waals surface area contributed by atoms with Crippen LogP contribution in [0.3, 0.4) is 0 Å². The zero-order chi connectivity index (χ0) is 15.1. The van der Waals surface area contributed by atoms with Crippen LogP contribution in [-0.2, 0) is 16.1 Å². The van der Waals surface area contributed by atoms with Gasteiger partial charge in [-0.25, -0.2) is 0 Å². The number of nitrogens with zero attached hydrogens (tertiary/aromatic N) is 2. The number of carbonyl (C=O) groups excluding carboxylic acids is 1. The molecule has 1 amide bonds. The molecule has 0 aliphatic carbocycles. The second kappa shape index (κ2) is 7.81. The van der Waals surface area contributed by atoms with Gasteiger partial charge in [-0.15, -0.1) is 0 Å². The molecule has 2 unspecified atom stereocenters. The first-order chi connectivity index (χ1) is 10.3. The number of nitrogens with one attached hydrogen (secondary N) is 1. The molecule has 1 N–H and O–H groups in total. The van der Waals surface area contributed by atoms with Crippen LogP contribution in [-0.4, -0.2) is 43.2 Å². The van der Waals surface area contributed by atoms with Crippen LogP contribution in [0.4, 0.5) is 0 Å². The number of amides is 1. The van der Waals surface area contributed by atoms with E-state index in [4.69, 9.17) is 14.4 Å². The molecule has 2 heterocycles. The van der Waals surface area contributed by atoms with E-state index in [0.29, 0.717) is 32.7 Å². The van der Waals surface area contributed by atoms with E-state index in [9.17, 15) is 4.79 Å². The predicted molar refractivity (Wildman–Crippen MR) is 76.1 cm³/mol. The molecule has 0 radical (unpaired) electrons. The first-order valence-corrected chi connectivity index (χ1v) is 7.25. The number of hydrogen-bond acceptors (Lipinski definition) is 5. The van der Waals surface area contributed by atoms with Crippen LogP contribution in [0.5, 0.6) is 0 Å². The minimum atomic E-state index is -0.196. The molecule has 1 aliphatic rings. The standard InChI is InChI=1S/C15H21N3O3/c1-2-17-14-11-20-10-13(14)15(19)18(7-4-6-16)9-12-5-3-8-21-12/h3,5,8,13-14,17H,2,4,7,9-11H2,1H3. The Kier molecular flexibility index (Phi) is 5.78. The SMILES string of the molecule is CCNC1COCC1C(=O)N(CCC#N)Cc1ccco1. The van der Waals surface area contributed by atoms with Crippen molar-refractivity contribution in [1.82, 2.24) is 10.2 Å². The molecule has 0 spiro atoms. The maximum absolute atomic E-state index is 12.7. The van der Waals surface area contributed by atoms with Gasteiger partial charge in [-0.2, -0.15) is 5.26 Å². The van der Waals surface area contributed by atoms with Crippen LogP contribution < -0.4 is 5.32 Å². The molecular formula is C15H21N3O3.